The molecule has 0 aliphatic rings. The summed E-state index contributed by atoms with van der Waals surface area (Å²) in [5.74, 6) is 1.86. The fourth-order valence-corrected chi connectivity index (χ4v) is 2.23. The Morgan fingerprint density at radius 2 is 1.86 bits per heavy atom. The quantitative estimate of drug-likeness (QED) is 0.772. The summed E-state index contributed by atoms with van der Waals surface area (Å²) in [4.78, 5) is 11.9. The van der Waals surface area contributed by atoms with Gasteiger partial charge in [-0.1, -0.05) is 20.8 Å². The van der Waals surface area contributed by atoms with Crippen LogP contribution in [0, 0.1) is 11.8 Å². The molecular weight excluding hydrogens is 288 g/mol. The van der Waals surface area contributed by atoms with Crippen molar-refractivity contribution in [1.82, 2.24) is 0 Å². The molecule has 5 heteroatoms. The van der Waals surface area contributed by atoms with Crippen molar-refractivity contribution < 1.29 is 9.53 Å². The molecule has 1 aromatic carbocycles. The van der Waals surface area contributed by atoms with E-state index in [1.807, 2.05) is 24.3 Å². The summed E-state index contributed by atoms with van der Waals surface area (Å²) < 4.78 is 5.39. The number of ether oxygens (including phenoxy) is 1. The molecule has 1 rings (SSSR count). The SMILES string of the molecule is CC(C)CC(C)CC(=O)Nc1ccc(OCCN)cc1.Cl. The van der Waals surface area contributed by atoms with E-state index < -0.39 is 0 Å². The maximum absolute atomic E-state index is 11.9. The molecule has 0 aliphatic carbocycles. The number of rotatable bonds is 8. The summed E-state index contributed by atoms with van der Waals surface area (Å²) in [7, 11) is 0. The Hall–Kier alpha value is -1.26. The van der Waals surface area contributed by atoms with Crippen LogP contribution in [0.4, 0.5) is 5.69 Å². The predicted octanol–water partition coefficient (Wildman–Crippen LogP) is 3.46. The molecule has 1 amide bonds. The summed E-state index contributed by atoms with van der Waals surface area (Å²) in [6, 6.07) is 7.36. The predicted molar refractivity (Wildman–Crippen MR) is 90.1 cm³/mol. The van der Waals surface area contributed by atoms with E-state index in [9.17, 15) is 4.79 Å². The molecule has 0 spiro atoms. The molecule has 0 bridgehead atoms. The summed E-state index contributed by atoms with van der Waals surface area (Å²) >= 11 is 0. The Bertz CT molecular complexity index is 407. The van der Waals surface area contributed by atoms with Gasteiger partial charge in [-0.3, -0.25) is 4.79 Å². The van der Waals surface area contributed by atoms with E-state index in [0.29, 0.717) is 31.4 Å². The highest BCUT2D eigenvalue weighted by molar-refractivity contribution is 5.90. The lowest BCUT2D eigenvalue weighted by molar-refractivity contribution is -0.117. The van der Waals surface area contributed by atoms with Crippen molar-refractivity contribution in [2.75, 3.05) is 18.5 Å². The van der Waals surface area contributed by atoms with Crippen LogP contribution >= 0.6 is 12.4 Å². The monoisotopic (exact) mass is 314 g/mol. The smallest absolute Gasteiger partial charge is 0.224 e. The van der Waals surface area contributed by atoms with Gasteiger partial charge in [0.25, 0.3) is 0 Å². The van der Waals surface area contributed by atoms with Crippen LogP contribution in [0.1, 0.15) is 33.6 Å². The van der Waals surface area contributed by atoms with E-state index in [0.717, 1.165) is 17.9 Å². The third-order valence-electron chi connectivity index (χ3n) is 2.93. The van der Waals surface area contributed by atoms with Crippen molar-refractivity contribution in [2.45, 2.75) is 33.6 Å². The number of amides is 1. The Morgan fingerprint density at radius 1 is 1.24 bits per heavy atom. The van der Waals surface area contributed by atoms with Gasteiger partial charge in [0.05, 0.1) is 0 Å². The lowest BCUT2D eigenvalue weighted by Crippen LogP contribution is -2.16. The average Bonchev–Trinajstić information content (AvgIpc) is 2.36. The zero-order valence-corrected chi connectivity index (χ0v) is 13.9. The lowest BCUT2D eigenvalue weighted by Gasteiger charge is -2.14. The summed E-state index contributed by atoms with van der Waals surface area (Å²) in [5.41, 5.74) is 6.17. The van der Waals surface area contributed by atoms with E-state index in [-0.39, 0.29) is 18.3 Å². The maximum Gasteiger partial charge on any atom is 0.224 e. The van der Waals surface area contributed by atoms with Crippen LogP contribution in [0.15, 0.2) is 24.3 Å². The highest BCUT2D eigenvalue weighted by Gasteiger charge is 2.11. The maximum atomic E-state index is 11.9. The van der Waals surface area contributed by atoms with Gasteiger partial charge in [-0.25, -0.2) is 0 Å². The van der Waals surface area contributed by atoms with Crippen LogP contribution in [0.5, 0.6) is 5.75 Å². The first-order chi connectivity index (χ1) is 9.51. The topological polar surface area (TPSA) is 64.3 Å². The zero-order valence-electron chi connectivity index (χ0n) is 13.1. The third kappa shape index (κ3) is 8.58. The van der Waals surface area contributed by atoms with Crippen LogP contribution in [0.2, 0.25) is 0 Å². The normalized spacial score (nSPS) is 11.7. The van der Waals surface area contributed by atoms with Gasteiger partial charge in [-0.2, -0.15) is 0 Å². The van der Waals surface area contributed by atoms with E-state index >= 15 is 0 Å². The number of nitrogens with two attached hydrogens (primary N) is 1. The van der Waals surface area contributed by atoms with Crippen LogP contribution < -0.4 is 15.8 Å². The minimum Gasteiger partial charge on any atom is -0.492 e. The number of halogens is 1. The summed E-state index contributed by atoms with van der Waals surface area (Å²) in [6.07, 6.45) is 1.63. The summed E-state index contributed by atoms with van der Waals surface area (Å²) in [5, 5.41) is 2.91. The van der Waals surface area contributed by atoms with Gasteiger partial charge in [-0.15, -0.1) is 12.4 Å². The van der Waals surface area contributed by atoms with Gasteiger partial charge in [0.1, 0.15) is 12.4 Å². The molecule has 0 fully saturated rings. The van der Waals surface area contributed by atoms with Gasteiger partial charge < -0.3 is 15.8 Å². The largest absolute Gasteiger partial charge is 0.492 e. The van der Waals surface area contributed by atoms with E-state index in [1.165, 1.54) is 0 Å². The zero-order chi connectivity index (χ0) is 15.0. The van der Waals surface area contributed by atoms with Gasteiger partial charge in [-0.05, 0) is 42.5 Å². The van der Waals surface area contributed by atoms with E-state index in [4.69, 9.17) is 10.5 Å². The average molecular weight is 315 g/mol. The molecule has 1 atom stereocenters. The van der Waals surface area contributed by atoms with Crippen LogP contribution in [-0.4, -0.2) is 19.1 Å². The molecule has 0 saturated carbocycles. The molecule has 0 heterocycles. The number of hydrogen-bond donors (Lipinski definition) is 2. The minimum atomic E-state index is 0. The molecule has 1 aromatic rings. The molecule has 0 aromatic heterocycles. The number of carbonyl (C=O) groups excluding carboxylic acids is 1. The van der Waals surface area contributed by atoms with Crippen molar-refractivity contribution in [3.63, 3.8) is 0 Å². The Balaban J connectivity index is 0.00000400. The fraction of sp³-hybridized carbons (Fsp3) is 0.562. The molecule has 0 radical (unpaired) electrons. The van der Waals surface area contributed by atoms with E-state index in [2.05, 4.69) is 26.1 Å². The minimum absolute atomic E-state index is 0. The second-order valence-electron chi connectivity index (χ2n) is 5.65. The molecule has 1 unspecified atom stereocenters. The molecule has 0 aliphatic heterocycles. The van der Waals surface area contributed by atoms with Gasteiger partial charge >= 0.3 is 0 Å². The number of carbonyl (C=O) groups is 1. The van der Waals surface area contributed by atoms with E-state index in [1.54, 1.807) is 0 Å². The Kier molecular flexibility index (Phi) is 9.84. The highest BCUT2D eigenvalue weighted by Crippen LogP contribution is 2.18. The molecule has 0 saturated heterocycles. The second-order valence-corrected chi connectivity index (χ2v) is 5.65. The number of benzene rings is 1. The molecule has 21 heavy (non-hydrogen) atoms. The van der Waals surface area contributed by atoms with Crippen LogP contribution in [0.3, 0.4) is 0 Å². The standard InChI is InChI=1S/C16H26N2O2.ClH/c1-12(2)10-13(3)11-16(19)18-14-4-6-15(7-5-14)20-9-8-17;/h4-7,12-13H,8-11,17H2,1-3H3,(H,18,19);1H. The lowest BCUT2D eigenvalue weighted by atomic mass is 9.96. The third-order valence-corrected chi connectivity index (χ3v) is 2.93. The first kappa shape index (κ1) is 19.7. The van der Waals surface area contributed by atoms with Crippen molar-refractivity contribution >= 4 is 24.0 Å². The van der Waals surface area contributed by atoms with Gasteiger partial charge in [0.2, 0.25) is 5.91 Å². The van der Waals surface area contributed by atoms with Gasteiger partial charge in [0, 0.05) is 18.7 Å². The van der Waals surface area contributed by atoms with Crippen molar-refractivity contribution in [2.24, 2.45) is 17.6 Å². The van der Waals surface area contributed by atoms with Crippen LogP contribution in [-0.2, 0) is 4.79 Å². The Labute approximate surface area is 133 Å². The highest BCUT2D eigenvalue weighted by atomic mass is 35.5. The number of nitrogens with one attached hydrogen (secondary N) is 1. The first-order valence-electron chi connectivity index (χ1n) is 7.24. The Morgan fingerprint density at radius 3 is 2.38 bits per heavy atom. The van der Waals surface area contributed by atoms with Crippen molar-refractivity contribution in [1.29, 1.82) is 0 Å². The second kappa shape index (κ2) is 10.5. The van der Waals surface area contributed by atoms with Crippen molar-refractivity contribution in [3.8, 4) is 5.75 Å². The molecule has 3 N–H and O–H groups in total. The molecule has 120 valence electrons. The fourth-order valence-electron chi connectivity index (χ4n) is 2.23. The first-order valence-corrected chi connectivity index (χ1v) is 7.24. The van der Waals surface area contributed by atoms with Crippen LogP contribution in [0.25, 0.3) is 0 Å². The number of hydrogen-bond acceptors (Lipinski definition) is 3. The summed E-state index contributed by atoms with van der Waals surface area (Å²) in [6.45, 7) is 7.46. The molecule has 4 nitrogen and oxygen atoms in total. The number of anilines is 1. The van der Waals surface area contributed by atoms with Gasteiger partial charge in [0.15, 0.2) is 0 Å². The van der Waals surface area contributed by atoms with Crippen molar-refractivity contribution in [3.05, 3.63) is 24.3 Å². The molecular formula is C16H27ClN2O2.